The van der Waals surface area contributed by atoms with Gasteiger partial charge in [0, 0.05) is 12.3 Å². The first kappa shape index (κ1) is 45.5. The fourth-order valence-electron chi connectivity index (χ4n) is 14.3. The molecule has 0 aromatic rings. The summed E-state index contributed by atoms with van der Waals surface area (Å²) in [5, 5.41) is 94.9. The van der Waals surface area contributed by atoms with E-state index in [0.717, 1.165) is 58.0 Å². The van der Waals surface area contributed by atoms with Gasteiger partial charge in [0.1, 0.15) is 67.1 Å². The van der Waals surface area contributed by atoms with E-state index in [1.165, 1.54) is 12.8 Å². The number of ether oxygens (including phenoxy) is 8. The summed E-state index contributed by atoms with van der Waals surface area (Å²) in [4.78, 5) is 0. The van der Waals surface area contributed by atoms with E-state index in [2.05, 4.69) is 27.7 Å². The van der Waals surface area contributed by atoms with Gasteiger partial charge in [0.05, 0.1) is 38.6 Å². The standard InChI is InChI=1S/C44H72O17/c1-19-7-12-44(56-16-19)20(2)30-27(61-44)14-25-23-6-5-21-13-22(8-10-42(21,3)24(23)9-11-43(25,30)4)57-40-37(53)34(50)38(60-41-36(52)33(49)32(48)28(15-45)58-41)29(59-40)18-55-39-35(51)31(47)26(46)17-54-39/h19-41,45-53H,5-18H2,1-4H3/t19-,20+,21+,22+,23-,24+,25+,26+,27+,28-,29-,30+,31+,32-,33+,34-,35-,36-,37-,38-,39+,40-,41+,42+,43+,44-/m1/s1. The van der Waals surface area contributed by atoms with Gasteiger partial charge in [-0.3, -0.25) is 0 Å². The maximum atomic E-state index is 11.6. The van der Waals surface area contributed by atoms with E-state index in [0.29, 0.717) is 41.4 Å². The molecule has 9 N–H and O–H groups in total. The molecule has 350 valence electrons. The first-order valence-corrected chi connectivity index (χ1v) is 23.2. The van der Waals surface area contributed by atoms with Gasteiger partial charge < -0.3 is 83.9 Å². The van der Waals surface area contributed by atoms with Crippen molar-refractivity contribution in [1.29, 1.82) is 0 Å². The van der Waals surface area contributed by atoms with Gasteiger partial charge >= 0.3 is 0 Å². The number of rotatable bonds is 8. The Morgan fingerprint density at radius 1 is 0.639 bits per heavy atom. The van der Waals surface area contributed by atoms with Gasteiger partial charge in [-0.15, -0.1) is 0 Å². The van der Waals surface area contributed by atoms with Crippen molar-refractivity contribution in [1.82, 2.24) is 0 Å². The molecular formula is C44H72O17. The van der Waals surface area contributed by atoms with Crippen molar-refractivity contribution in [2.45, 2.75) is 196 Å². The highest BCUT2D eigenvalue weighted by Crippen LogP contribution is 2.71. The first-order valence-electron chi connectivity index (χ1n) is 23.2. The van der Waals surface area contributed by atoms with Crippen molar-refractivity contribution in [3.05, 3.63) is 0 Å². The normalized spacial score (nSPS) is 58.5. The molecule has 5 aliphatic heterocycles. The Labute approximate surface area is 357 Å². The highest BCUT2D eigenvalue weighted by atomic mass is 16.8. The second-order valence-corrected chi connectivity index (χ2v) is 21.1. The molecule has 0 bridgehead atoms. The zero-order valence-corrected chi connectivity index (χ0v) is 36.0. The van der Waals surface area contributed by atoms with Crippen LogP contribution in [0.1, 0.15) is 91.9 Å². The summed E-state index contributed by atoms with van der Waals surface area (Å²) in [5.41, 5.74) is 0.357. The molecule has 9 rings (SSSR count). The number of aliphatic hydroxyl groups is 9. The Morgan fingerprint density at radius 3 is 2.08 bits per heavy atom. The molecule has 0 radical (unpaired) electrons. The van der Waals surface area contributed by atoms with Gasteiger partial charge in [-0.05, 0) is 104 Å². The van der Waals surface area contributed by atoms with E-state index in [9.17, 15) is 46.0 Å². The van der Waals surface area contributed by atoms with Crippen LogP contribution in [0.25, 0.3) is 0 Å². The highest BCUT2D eigenvalue weighted by molar-refractivity contribution is 5.15. The molecule has 17 nitrogen and oxygen atoms in total. The minimum absolute atomic E-state index is 0.128. The lowest BCUT2D eigenvalue weighted by Crippen LogP contribution is -2.65. The summed E-state index contributed by atoms with van der Waals surface area (Å²) in [5.74, 6) is 3.28. The van der Waals surface area contributed by atoms with Gasteiger partial charge in [-0.2, -0.15) is 0 Å². The van der Waals surface area contributed by atoms with Crippen molar-refractivity contribution in [3.8, 4) is 0 Å². The predicted octanol–water partition coefficient (Wildman–Crippen LogP) is -0.0945. The molecule has 9 aliphatic rings. The average Bonchev–Trinajstić information content (AvgIpc) is 3.69. The first-order chi connectivity index (χ1) is 29.0. The van der Waals surface area contributed by atoms with Crippen LogP contribution in [-0.4, -0.2) is 176 Å². The maximum Gasteiger partial charge on any atom is 0.187 e. The summed E-state index contributed by atoms with van der Waals surface area (Å²) in [7, 11) is 0. The molecule has 5 heterocycles. The summed E-state index contributed by atoms with van der Waals surface area (Å²) < 4.78 is 49.0. The summed E-state index contributed by atoms with van der Waals surface area (Å²) in [6, 6.07) is 0. The van der Waals surface area contributed by atoms with Crippen molar-refractivity contribution in [2.75, 3.05) is 26.4 Å². The number of aliphatic hydroxyl groups excluding tert-OH is 9. The van der Waals surface area contributed by atoms with Crippen LogP contribution in [0.5, 0.6) is 0 Å². The molecule has 26 atom stereocenters. The third-order valence-electron chi connectivity index (χ3n) is 17.9. The van der Waals surface area contributed by atoms with Crippen LogP contribution in [0.4, 0.5) is 0 Å². The zero-order chi connectivity index (χ0) is 43.3. The van der Waals surface area contributed by atoms with Crippen molar-refractivity contribution >= 4 is 0 Å². The van der Waals surface area contributed by atoms with E-state index in [1.54, 1.807) is 0 Å². The monoisotopic (exact) mass is 872 g/mol. The molecule has 4 aliphatic carbocycles. The Kier molecular flexibility index (Phi) is 12.8. The minimum Gasteiger partial charge on any atom is -0.394 e. The average molecular weight is 873 g/mol. The molecule has 0 amide bonds. The largest absolute Gasteiger partial charge is 0.394 e. The van der Waals surface area contributed by atoms with Crippen LogP contribution in [0, 0.1) is 52.3 Å². The third kappa shape index (κ3) is 7.68. The molecule has 61 heavy (non-hydrogen) atoms. The summed E-state index contributed by atoms with van der Waals surface area (Å²) in [6.07, 6.45) is -11.2. The van der Waals surface area contributed by atoms with Gasteiger partial charge in [-0.1, -0.05) is 27.7 Å². The quantitative estimate of drug-likeness (QED) is 0.145. The molecule has 17 heteroatoms. The number of fused-ring (bicyclic) bond motifs is 7. The van der Waals surface area contributed by atoms with Crippen LogP contribution in [0.3, 0.4) is 0 Å². The third-order valence-corrected chi connectivity index (χ3v) is 17.9. The molecule has 0 aromatic carbocycles. The van der Waals surface area contributed by atoms with Gasteiger partial charge in [0.25, 0.3) is 0 Å². The fourth-order valence-corrected chi connectivity index (χ4v) is 14.3. The van der Waals surface area contributed by atoms with Crippen LogP contribution in [0.2, 0.25) is 0 Å². The molecule has 5 saturated heterocycles. The summed E-state index contributed by atoms with van der Waals surface area (Å²) in [6.45, 7) is 9.00. The highest BCUT2D eigenvalue weighted by Gasteiger charge is 2.69. The fraction of sp³-hybridized carbons (Fsp3) is 1.00. The lowest BCUT2D eigenvalue weighted by Gasteiger charge is -2.61. The minimum atomic E-state index is -1.81. The molecule has 9 fully saturated rings. The Bertz CT molecular complexity index is 1520. The van der Waals surface area contributed by atoms with E-state index < -0.39 is 105 Å². The van der Waals surface area contributed by atoms with Gasteiger partial charge in [-0.25, -0.2) is 0 Å². The Hall–Kier alpha value is -0.680. The molecule has 0 unspecified atom stereocenters. The van der Waals surface area contributed by atoms with Crippen molar-refractivity contribution in [2.24, 2.45) is 52.3 Å². The van der Waals surface area contributed by atoms with Gasteiger partial charge in [0.2, 0.25) is 0 Å². The smallest absolute Gasteiger partial charge is 0.187 e. The Morgan fingerprint density at radius 2 is 1.34 bits per heavy atom. The molecule has 0 aromatic heterocycles. The predicted molar refractivity (Wildman–Crippen MR) is 210 cm³/mol. The van der Waals surface area contributed by atoms with Crippen LogP contribution < -0.4 is 0 Å². The van der Waals surface area contributed by atoms with Crippen LogP contribution in [-0.2, 0) is 37.9 Å². The Balaban J connectivity index is 0.862. The van der Waals surface area contributed by atoms with Gasteiger partial charge in [0.15, 0.2) is 24.7 Å². The van der Waals surface area contributed by atoms with E-state index in [-0.39, 0.29) is 29.6 Å². The summed E-state index contributed by atoms with van der Waals surface area (Å²) >= 11 is 0. The number of hydrogen-bond acceptors (Lipinski definition) is 17. The lowest BCUT2D eigenvalue weighted by atomic mass is 9.44. The second-order valence-electron chi connectivity index (χ2n) is 21.1. The zero-order valence-electron chi connectivity index (χ0n) is 36.0. The maximum absolute atomic E-state index is 11.6. The van der Waals surface area contributed by atoms with E-state index in [4.69, 9.17) is 37.9 Å². The molecule has 1 spiro atoms. The van der Waals surface area contributed by atoms with E-state index >= 15 is 0 Å². The molecular weight excluding hydrogens is 800 g/mol. The lowest BCUT2D eigenvalue weighted by molar-refractivity contribution is -0.369. The van der Waals surface area contributed by atoms with Crippen molar-refractivity contribution in [3.63, 3.8) is 0 Å². The molecule has 4 saturated carbocycles. The number of hydrogen-bond donors (Lipinski definition) is 9. The SMILES string of the molecule is C[C@@H]1CC[C@@]2(OC1)O[C@H]1C[C@H]3[C@@H]4CC[C@H]5C[C@@H](O[C@@H]6O[C@H](CO[C@@H]7OC[C@H](O)[C@H](O)[C@H]7O)[C@@H](O[C@@H]7O[C@H](CO)[C@@H](O)[C@H](O)[C@H]7O)[C@H](O)[C@H]6O)CC[C@]5(C)[C@H]4CC[C@]3(C)[C@H]1[C@@H]2C. The second kappa shape index (κ2) is 17.2. The van der Waals surface area contributed by atoms with E-state index in [1.807, 2.05) is 0 Å². The van der Waals surface area contributed by atoms with Crippen LogP contribution in [0.15, 0.2) is 0 Å². The van der Waals surface area contributed by atoms with Crippen LogP contribution >= 0.6 is 0 Å². The topological polar surface area (TPSA) is 256 Å². The van der Waals surface area contributed by atoms with Crippen molar-refractivity contribution < 1.29 is 83.9 Å².